The molecule has 0 radical (unpaired) electrons. The number of imidazole rings is 1. The molecule has 1 aliphatic heterocycles. The van der Waals surface area contributed by atoms with E-state index in [2.05, 4.69) is 20.2 Å². The van der Waals surface area contributed by atoms with E-state index in [1.807, 2.05) is 11.1 Å². The fraction of sp³-hybridized carbons (Fsp3) is 0.526. The Labute approximate surface area is 157 Å². The van der Waals surface area contributed by atoms with Gasteiger partial charge in [0.1, 0.15) is 5.82 Å². The third kappa shape index (κ3) is 5.97. The van der Waals surface area contributed by atoms with Crippen molar-refractivity contribution in [2.75, 3.05) is 44.2 Å². The SMILES string of the molecule is FC(F)(F)c1cccc(N2CCN(CCCCNCc3ncc[nH]3)CC2)c1. The van der Waals surface area contributed by atoms with Crippen LogP contribution in [0.2, 0.25) is 0 Å². The summed E-state index contributed by atoms with van der Waals surface area (Å²) in [7, 11) is 0. The largest absolute Gasteiger partial charge is 0.416 e. The van der Waals surface area contributed by atoms with Crippen molar-refractivity contribution in [1.82, 2.24) is 20.2 Å². The summed E-state index contributed by atoms with van der Waals surface area (Å²) >= 11 is 0. The Bertz CT molecular complexity index is 679. The van der Waals surface area contributed by atoms with E-state index in [9.17, 15) is 13.2 Å². The Hall–Kier alpha value is -2.06. The van der Waals surface area contributed by atoms with Crippen LogP contribution in [0.4, 0.5) is 18.9 Å². The minimum atomic E-state index is -4.29. The molecule has 148 valence electrons. The van der Waals surface area contributed by atoms with E-state index >= 15 is 0 Å². The van der Waals surface area contributed by atoms with Gasteiger partial charge in [-0.3, -0.25) is 4.90 Å². The van der Waals surface area contributed by atoms with E-state index in [-0.39, 0.29) is 0 Å². The molecule has 1 aliphatic rings. The Kier molecular flexibility index (Phi) is 6.73. The van der Waals surface area contributed by atoms with E-state index in [1.165, 1.54) is 12.1 Å². The number of hydrogen-bond acceptors (Lipinski definition) is 4. The standard InChI is InChI=1S/C19H26F3N5/c20-19(21,22)16-4-3-5-17(14-16)27-12-10-26(11-13-27)9-2-1-6-23-15-18-24-7-8-25-18/h3-5,7-8,14,23H,1-2,6,9-13,15H2,(H,24,25). The van der Waals surface area contributed by atoms with Gasteiger partial charge >= 0.3 is 6.18 Å². The molecule has 1 aromatic carbocycles. The maximum atomic E-state index is 12.9. The summed E-state index contributed by atoms with van der Waals surface area (Å²) in [6.45, 7) is 6.02. The number of rotatable bonds is 8. The van der Waals surface area contributed by atoms with Crippen molar-refractivity contribution in [3.8, 4) is 0 Å². The Morgan fingerprint density at radius 1 is 1.11 bits per heavy atom. The Morgan fingerprint density at radius 2 is 1.93 bits per heavy atom. The van der Waals surface area contributed by atoms with E-state index in [1.54, 1.807) is 12.3 Å². The number of alkyl halides is 3. The van der Waals surface area contributed by atoms with Crippen molar-refractivity contribution in [3.05, 3.63) is 48.0 Å². The van der Waals surface area contributed by atoms with Gasteiger partial charge < -0.3 is 15.2 Å². The summed E-state index contributed by atoms with van der Waals surface area (Å²) in [6.07, 6.45) is 1.47. The number of aromatic amines is 1. The molecule has 3 rings (SSSR count). The van der Waals surface area contributed by atoms with Gasteiger partial charge in [-0.1, -0.05) is 6.07 Å². The highest BCUT2D eigenvalue weighted by molar-refractivity contribution is 5.49. The Balaban J connectivity index is 1.33. The van der Waals surface area contributed by atoms with Crippen LogP contribution >= 0.6 is 0 Å². The van der Waals surface area contributed by atoms with Gasteiger partial charge in [-0.25, -0.2) is 4.98 Å². The van der Waals surface area contributed by atoms with Crippen LogP contribution in [-0.2, 0) is 12.7 Å². The zero-order valence-corrected chi connectivity index (χ0v) is 15.3. The van der Waals surface area contributed by atoms with Crippen LogP contribution in [0.5, 0.6) is 0 Å². The third-order valence-electron chi connectivity index (χ3n) is 4.84. The van der Waals surface area contributed by atoms with Crippen molar-refractivity contribution in [3.63, 3.8) is 0 Å². The normalized spacial score (nSPS) is 16.0. The summed E-state index contributed by atoms with van der Waals surface area (Å²) in [5, 5.41) is 3.36. The van der Waals surface area contributed by atoms with Crippen molar-refractivity contribution in [2.24, 2.45) is 0 Å². The van der Waals surface area contributed by atoms with Crippen LogP contribution in [0.25, 0.3) is 0 Å². The van der Waals surface area contributed by atoms with E-state index < -0.39 is 11.7 Å². The van der Waals surface area contributed by atoms with Gasteiger partial charge in [0.05, 0.1) is 12.1 Å². The minimum absolute atomic E-state index is 0.579. The molecule has 27 heavy (non-hydrogen) atoms. The number of aromatic nitrogens is 2. The highest BCUT2D eigenvalue weighted by atomic mass is 19.4. The first-order chi connectivity index (χ1) is 13.0. The van der Waals surface area contributed by atoms with Crippen molar-refractivity contribution in [1.29, 1.82) is 0 Å². The molecule has 1 saturated heterocycles. The lowest BCUT2D eigenvalue weighted by molar-refractivity contribution is -0.137. The molecule has 0 amide bonds. The van der Waals surface area contributed by atoms with Crippen LogP contribution in [0.15, 0.2) is 36.7 Å². The lowest BCUT2D eigenvalue weighted by atomic mass is 10.1. The lowest BCUT2D eigenvalue weighted by Gasteiger charge is -2.36. The van der Waals surface area contributed by atoms with Crippen molar-refractivity contribution < 1.29 is 13.2 Å². The first-order valence-electron chi connectivity index (χ1n) is 9.36. The number of unbranched alkanes of at least 4 members (excludes halogenated alkanes) is 1. The molecular weight excluding hydrogens is 355 g/mol. The number of hydrogen-bond donors (Lipinski definition) is 2. The maximum Gasteiger partial charge on any atom is 0.416 e. The van der Waals surface area contributed by atoms with Crippen LogP contribution in [0.3, 0.4) is 0 Å². The second-order valence-electron chi connectivity index (χ2n) is 6.80. The molecular formula is C19H26F3N5. The predicted molar refractivity (Wildman–Crippen MR) is 99.6 cm³/mol. The number of benzene rings is 1. The highest BCUT2D eigenvalue weighted by Gasteiger charge is 2.31. The van der Waals surface area contributed by atoms with E-state index in [4.69, 9.17) is 0 Å². The number of nitrogens with one attached hydrogen (secondary N) is 2. The first-order valence-corrected chi connectivity index (χ1v) is 9.36. The monoisotopic (exact) mass is 381 g/mol. The highest BCUT2D eigenvalue weighted by Crippen LogP contribution is 2.31. The zero-order chi connectivity index (χ0) is 19.1. The number of anilines is 1. The maximum absolute atomic E-state index is 12.9. The van der Waals surface area contributed by atoms with Gasteiger partial charge in [0.2, 0.25) is 0 Å². The summed E-state index contributed by atoms with van der Waals surface area (Å²) < 4.78 is 38.6. The zero-order valence-electron chi connectivity index (χ0n) is 15.3. The average Bonchev–Trinajstić information content (AvgIpc) is 3.18. The molecule has 2 heterocycles. The lowest BCUT2D eigenvalue weighted by Crippen LogP contribution is -2.46. The van der Waals surface area contributed by atoms with Gasteiger partial charge in [-0.15, -0.1) is 0 Å². The quantitative estimate of drug-likeness (QED) is 0.690. The van der Waals surface area contributed by atoms with Crippen LogP contribution in [0.1, 0.15) is 24.2 Å². The molecule has 1 aromatic heterocycles. The van der Waals surface area contributed by atoms with Gasteiger partial charge in [-0.05, 0) is 44.1 Å². The number of H-pyrrole nitrogens is 1. The Morgan fingerprint density at radius 3 is 2.63 bits per heavy atom. The molecule has 0 spiro atoms. The fourth-order valence-corrected chi connectivity index (χ4v) is 3.30. The smallest absolute Gasteiger partial charge is 0.369 e. The second kappa shape index (κ2) is 9.23. The molecule has 2 aromatic rings. The number of nitrogens with zero attached hydrogens (tertiary/aromatic N) is 3. The van der Waals surface area contributed by atoms with Crippen molar-refractivity contribution in [2.45, 2.75) is 25.6 Å². The molecule has 0 unspecified atom stereocenters. The molecule has 0 bridgehead atoms. The molecule has 0 atom stereocenters. The average molecular weight is 381 g/mol. The van der Waals surface area contributed by atoms with E-state index in [0.717, 1.165) is 70.5 Å². The molecule has 2 N–H and O–H groups in total. The number of halogens is 3. The van der Waals surface area contributed by atoms with Crippen LogP contribution in [0, 0.1) is 0 Å². The second-order valence-corrected chi connectivity index (χ2v) is 6.80. The first kappa shape index (κ1) is 19.7. The third-order valence-corrected chi connectivity index (χ3v) is 4.84. The van der Waals surface area contributed by atoms with E-state index in [0.29, 0.717) is 5.69 Å². The van der Waals surface area contributed by atoms with Crippen molar-refractivity contribution >= 4 is 5.69 Å². The van der Waals surface area contributed by atoms with Gasteiger partial charge in [-0.2, -0.15) is 13.2 Å². The van der Waals surface area contributed by atoms with Gasteiger partial charge in [0.25, 0.3) is 0 Å². The summed E-state index contributed by atoms with van der Waals surface area (Å²) in [6, 6.07) is 5.62. The van der Waals surface area contributed by atoms with Gasteiger partial charge in [0.15, 0.2) is 0 Å². The molecule has 1 fully saturated rings. The number of piperazine rings is 1. The molecule has 0 saturated carbocycles. The molecule has 8 heteroatoms. The summed E-state index contributed by atoms with van der Waals surface area (Å²) in [5.41, 5.74) is 0.0797. The minimum Gasteiger partial charge on any atom is -0.369 e. The summed E-state index contributed by atoms with van der Waals surface area (Å²) in [5.74, 6) is 0.945. The topological polar surface area (TPSA) is 47.2 Å². The fourth-order valence-electron chi connectivity index (χ4n) is 3.30. The molecule has 5 nitrogen and oxygen atoms in total. The van der Waals surface area contributed by atoms with Crippen LogP contribution in [-0.4, -0.2) is 54.1 Å². The van der Waals surface area contributed by atoms with Crippen LogP contribution < -0.4 is 10.2 Å². The predicted octanol–water partition coefficient (Wildman–Crippen LogP) is 3.12. The summed E-state index contributed by atoms with van der Waals surface area (Å²) in [4.78, 5) is 11.6. The van der Waals surface area contributed by atoms with Gasteiger partial charge in [0, 0.05) is 44.3 Å². The molecule has 0 aliphatic carbocycles.